The van der Waals surface area contributed by atoms with Gasteiger partial charge in [-0.05, 0) is 12.1 Å². The van der Waals surface area contributed by atoms with Crippen molar-refractivity contribution >= 4 is 44.6 Å². The van der Waals surface area contributed by atoms with Crippen LogP contribution in [0, 0.1) is 0 Å². The van der Waals surface area contributed by atoms with E-state index in [-0.39, 0.29) is 11.0 Å². The number of fused-ring (bicyclic) bond motifs is 1. The molecule has 0 amide bonds. The highest BCUT2D eigenvalue weighted by Gasteiger charge is 2.16. The molecule has 3 rings (SSSR count). The van der Waals surface area contributed by atoms with E-state index < -0.39 is 10.0 Å². The summed E-state index contributed by atoms with van der Waals surface area (Å²) in [6.45, 7) is 0. The summed E-state index contributed by atoms with van der Waals surface area (Å²) in [6.07, 6.45) is 1.44. The zero-order valence-electron chi connectivity index (χ0n) is 13.9. The largest absolute Gasteiger partial charge is 0.493 e. The van der Waals surface area contributed by atoms with Gasteiger partial charge in [0, 0.05) is 6.07 Å². The first-order chi connectivity index (χ1) is 12.4. The lowest BCUT2D eigenvalue weighted by Crippen LogP contribution is -2.15. The summed E-state index contributed by atoms with van der Waals surface area (Å²) in [5.41, 5.74) is 6.90. The second kappa shape index (κ2) is 7.25. The zero-order chi connectivity index (χ0) is 18.7. The third-order valence-corrected chi connectivity index (χ3v) is 6.11. The van der Waals surface area contributed by atoms with Gasteiger partial charge in [0.1, 0.15) is 15.6 Å². The van der Waals surface area contributed by atoms with E-state index in [0.717, 1.165) is 11.8 Å². The van der Waals surface area contributed by atoms with Crippen molar-refractivity contribution in [3.05, 3.63) is 24.5 Å². The molecular formula is C14H16N6O4S2. The Morgan fingerprint density at radius 1 is 1.23 bits per heavy atom. The van der Waals surface area contributed by atoms with Gasteiger partial charge in [-0.2, -0.15) is 4.98 Å². The predicted octanol–water partition coefficient (Wildman–Crippen LogP) is 1.44. The summed E-state index contributed by atoms with van der Waals surface area (Å²) in [4.78, 5) is 14.9. The molecule has 10 nitrogen and oxygen atoms in total. The number of H-pyrrole nitrogens is 1. The summed E-state index contributed by atoms with van der Waals surface area (Å²) in [6, 6.07) is 4.74. The minimum absolute atomic E-state index is 0.0253. The standard InChI is InChI=1S/C14H16N6O4S2/c1-23-9-4-3-8(5-10(9)24-2)20-26(21,22)7-25-13-11-12(17-6-16-11)18-14(15)19-13/h3-6,20H,7H2,1-2H3,(H3,15,16,17,18,19). The molecule has 2 aromatic heterocycles. The number of benzene rings is 1. The molecule has 0 aliphatic carbocycles. The number of aromatic amines is 1. The fourth-order valence-electron chi connectivity index (χ4n) is 2.17. The molecule has 0 unspecified atom stereocenters. The normalized spacial score (nSPS) is 11.5. The van der Waals surface area contributed by atoms with Crippen LogP contribution in [0.25, 0.3) is 11.2 Å². The molecule has 1 aromatic carbocycles. The Labute approximate surface area is 153 Å². The maximum Gasteiger partial charge on any atom is 0.242 e. The number of ether oxygens (including phenoxy) is 2. The van der Waals surface area contributed by atoms with Gasteiger partial charge in [-0.1, -0.05) is 11.8 Å². The first-order valence-electron chi connectivity index (χ1n) is 7.24. The molecule has 0 saturated carbocycles. The summed E-state index contributed by atoms with van der Waals surface area (Å²) < 4.78 is 37.5. The maximum atomic E-state index is 12.4. The van der Waals surface area contributed by atoms with Gasteiger partial charge in [0.2, 0.25) is 16.0 Å². The number of nitrogens with one attached hydrogen (secondary N) is 2. The van der Waals surface area contributed by atoms with Crippen molar-refractivity contribution in [1.29, 1.82) is 0 Å². The van der Waals surface area contributed by atoms with E-state index in [1.54, 1.807) is 12.1 Å². The van der Waals surface area contributed by atoms with E-state index in [4.69, 9.17) is 15.2 Å². The summed E-state index contributed by atoms with van der Waals surface area (Å²) in [5, 5.41) is 0.133. The quantitative estimate of drug-likeness (QED) is 0.399. The Balaban J connectivity index is 1.76. The van der Waals surface area contributed by atoms with Crippen LogP contribution in [-0.4, -0.2) is 47.7 Å². The second-order valence-corrected chi connectivity index (χ2v) is 8.09. The highest BCUT2D eigenvalue weighted by atomic mass is 32.3. The van der Waals surface area contributed by atoms with Crippen molar-refractivity contribution < 1.29 is 17.9 Å². The number of nitrogen functional groups attached to an aromatic ring is 1. The Morgan fingerprint density at radius 2 is 2.00 bits per heavy atom. The number of methoxy groups -OCH3 is 2. The SMILES string of the molecule is COc1ccc(NS(=O)(=O)CSc2nc(N)nc3nc[nH]c23)cc1OC. The molecule has 26 heavy (non-hydrogen) atoms. The minimum atomic E-state index is -3.66. The van der Waals surface area contributed by atoms with Crippen molar-refractivity contribution in [3.63, 3.8) is 0 Å². The van der Waals surface area contributed by atoms with E-state index >= 15 is 0 Å². The molecule has 0 spiro atoms. The lowest BCUT2D eigenvalue weighted by molar-refractivity contribution is 0.355. The van der Waals surface area contributed by atoms with Crippen LogP contribution < -0.4 is 19.9 Å². The molecule has 0 saturated heterocycles. The molecule has 0 radical (unpaired) electrons. The van der Waals surface area contributed by atoms with Gasteiger partial charge in [0.25, 0.3) is 0 Å². The Morgan fingerprint density at radius 3 is 2.73 bits per heavy atom. The average Bonchev–Trinajstić information content (AvgIpc) is 3.07. The highest BCUT2D eigenvalue weighted by Crippen LogP contribution is 2.31. The van der Waals surface area contributed by atoms with Crippen LogP contribution in [0.15, 0.2) is 29.6 Å². The molecule has 0 aliphatic rings. The molecule has 138 valence electrons. The average molecular weight is 396 g/mol. The number of hydrogen-bond acceptors (Lipinski definition) is 9. The smallest absolute Gasteiger partial charge is 0.242 e. The highest BCUT2D eigenvalue weighted by molar-refractivity contribution is 8.12. The van der Waals surface area contributed by atoms with Crippen LogP contribution >= 0.6 is 11.8 Å². The van der Waals surface area contributed by atoms with E-state index in [1.807, 2.05) is 0 Å². The maximum absolute atomic E-state index is 12.4. The molecule has 0 bridgehead atoms. The number of imidazole rings is 1. The number of thioether (sulfide) groups is 1. The number of nitrogens with two attached hydrogens (primary N) is 1. The molecule has 0 fully saturated rings. The Hall–Kier alpha value is -2.73. The molecule has 12 heteroatoms. The topological polar surface area (TPSA) is 145 Å². The van der Waals surface area contributed by atoms with Gasteiger partial charge in [0.05, 0.1) is 26.2 Å². The van der Waals surface area contributed by atoms with Crippen molar-refractivity contribution in [2.75, 3.05) is 29.8 Å². The lowest BCUT2D eigenvalue weighted by Gasteiger charge is -2.11. The fraction of sp³-hybridized carbons (Fsp3) is 0.214. The first-order valence-corrected chi connectivity index (χ1v) is 9.87. The molecule has 4 N–H and O–H groups in total. The molecular weight excluding hydrogens is 380 g/mol. The monoisotopic (exact) mass is 396 g/mol. The van der Waals surface area contributed by atoms with Crippen LogP contribution in [0.1, 0.15) is 0 Å². The summed E-state index contributed by atoms with van der Waals surface area (Å²) >= 11 is 1.00. The van der Waals surface area contributed by atoms with Gasteiger partial charge < -0.3 is 20.2 Å². The van der Waals surface area contributed by atoms with Crippen molar-refractivity contribution in [2.45, 2.75) is 5.03 Å². The first kappa shape index (κ1) is 18.1. The minimum Gasteiger partial charge on any atom is -0.493 e. The van der Waals surface area contributed by atoms with Crippen LogP contribution in [0.5, 0.6) is 11.5 Å². The Bertz CT molecular complexity index is 1040. The molecule has 2 heterocycles. The van der Waals surface area contributed by atoms with Crippen LogP contribution in [-0.2, 0) is 10.0 Å². The summed E-state index contributed by atoms with van der Waals surface area (Å²) in [7, 11) is -0.686. The number of nitrogens with zero attached hydrogens (tertiary/aromatic N) is 3. The number of anilines is 2. The number of aromatic nitrogens is 4. The third-order valence-electron chi connectivity index (χ3n) is 3.28. The van der Waals surface area contributed by atoms with E-state index in [0.29, 0.717) is 33.4 Å². The third kappa shape index (κ3) is 3.91. The van der Waals surface area contributed by atoms with E-state index in [9.17, 15) is 8.42 Å². The van der Waals surface area contributed by atoms with Crippen LogP contribution in [0.3, 0.4) is 0 Å². The lowest BCUT2D eigenvalue weighted by atomic mass is 10.3. The van der Waals surface area contributed by atoms with Gasteiger partial charge in [0.15, 0.2) is 17.1 Å². The van der Waals surface area contributed by atoms with Crippen molar-refractivity contribution in [3.8, 4) is 11.5 Å². The number of hydrogen-bond donors (Lipinski definition) is 3. The van der Waals surface area contributed by atoms with Gasteiger partial charge in [-0.3, -0.25) is 4.72 Å². The number of sulfonamides is 1. The van der Waals surface area contributed by atoms with Crippen molar-refractivity contribution in [1.82, 2.24) is 19.9 Å². The molecule has 0 aliphatic heterocycles. The van der Waals surface area contributed by atoms with Gasteiger partial charge >= 0.3 is 0 Å². The predicted molar refractivity (Wildman–Crippen MR) is 98.9 cm³/mol. The van der Waals surface area contributed by atoms with Crippen molar-refractivity contribution in [2.24, 2.45) is 0 Å². The Kier molecular flexibility index (Phi) is 5.04. The summed E-state index contributed by atoms with van der Waals surface area (Å²) in [5.74, 6) is 0.948. The van der Waals surface area contributed by atoms with E-state index in [1.165, 1.54) is 26.6 Å². The molecule has 3 aromatic rings. The molecule has 0 atom stereocenters. The fourth-order valence-corrected chi connectivity index (χ4v) is 4.41. The van der Waals surface area contributed by atoms with Gasteiger partial charge in [-0.15, -0.1) is 0 Å². The number of rotatable bonds is 7. The zero-order valence-corrected chi connectivity index (χ0v) is 15.5. The van der Waals surface area contributed by atoms with Gasteiger partial charge in [-0.25, -0.2) is 18.4 Å². The van der Waals surface area contributed by atoms with Crippen LogP contribution in [0.4, 0.5) is 11.6 Å². The second-order valence-electron chi connectivity index (χ2n) is 5.04. The van der Waals surface area contributed by atoms with Crippen LogP contribution in [0.2, 0.25) is 0 Å². The van der Waals surface area contributed by atoms with E-state index in [2.05, 4.69) is 24.7 Å².